The van der Waals surface area contributed by atoms with Gasteiger partial charge in [-0.25, -0.2) is 13.8 Å². The van der Waals surface area contributed by atoms with Crippen molar-refractivity contribution in [2.24, 2.45) is 10.9 Å². The van der Waals surface area contributed by atoms with Crippen LogP contribution in [0.25, 0.3) is 0 Å². The summed E-state index contributed by atoms with van der Waals surface area (Å²) in [5.74, 6) is 0.123. The molecule has 2 aliphatic rings. The molecule has 9 heteroatoms. The van der Waals surface area contributed by atoms with Gasteiger partial charge in [-0.2, -0.15) is 0 Å². The molecule has 2 aliphatic heterocycles. The largest absolute Gasteiger partial charge is 0.421 e. The van der Waals surface area contributed by atoms with Crippen molar-refractivity contribution >= 4 is 23.7 Å². The molecule has 8 nitrogen and oxygen atoms in total. The third kappa shape index (κ3) is 3.41. The molecule has 0 N–H and O–H groups in total. The molecule has 0 saturated carbocycles. The predicted octanol–water partition coefficient (Wildman–Crippen LogP) is 2.69. The van der Waals surface area contributed by atoms with Crippen molar-refractivity contribution in [3.8, 4) is 0 Å². The molecule has 3 amide bonds. The molecular weight excluding hydrogens is 411 g/mol. The normalized spacial score (nSPS) is 18.8. The quantitative estimate of drug-likeness (QED) is 0.688. The summed E-state index contributed by atoms with van der Waals surface area (Å²) < 4.78 is 18.0. The number of carbonyl (C=O) groups excluding carboxylic acids is 2. The average molecular weight is 440 g/mol. The van der Waals surface area contributed by atoms with Crippen LogP contribution in [-0.2, 0) is 11.3 Å². The summed E-state index contributed by atoms with van der Waals surface area (Å²) in [4.78, 5) is 33.8. The van der Waals surface area contributed by atoms with E-state index < -0.39 is 12.1 Å². The number of amidine groups is 1. The Morgan fingerprint density at radius 1 is 1.16 bits per heavy atom. The summed E-state index contributed by atoms with van der Waals surface area (Å²) in [7, 11) is 1.62. The van der Waals surface area contributed by atoms with Crippen LogP contribution in [0.15, 0.2) is 29.3 Å². The van der Waals surface area contributed by atoms with Crippen molar-refractivity contribution in [2.45, 2.75) is 47.2 Å². The molecule has 2 aromatic rings. The van der Waals surface area contributed by atoms with Gasteiger partial charge >= 0.3 is 12.0 Å². The van der Waals surface area contributed by atoms with Gasteiger partial charge in [0.15, 0.2) is 0 Å². The number of hydrogen-bond acceptors (Lipinski definition) is 4. The molecule has 1 unspecified atom stereocenters. The summed E-state index contributed by atoms with van der Waals surface area (Å²) >= 11 is 0. The van der Waals surface area contributed by atoms with Gasteiger partial charge in [0, 0.05) is 24.7 Å². The zero-order chi connectivity index (χ0) is 23.3. The van der Waals surface area contributed by atoms with Gasteiger partial charge in [-0.05, 0) is 32.8 Å². The van der Waals surface area contributed by atoms with Crippen LogP contribution in [0, 0.1) is 32.5 Å². The second-order valence-electron chi connectivity index (χ2n) is 8.78. The first-order chi connectivity index (χ1) is 15.1. The van der Waals surface area contributed by atoms with E-state index in [1.807, 2.05) is 34.6 Å². The summed E-state index contributed by atoms with van der Waals surface area (Å²) in [6, 6.07) is 5.22. The van der Waals surface area contributed by atoms with E-state index in [0.29, 0.717) is 23.9 Å². The van der Waals surface area contributed by atoms with Crippen LogP contribution < -0.4 is 0 Å². The standard InChI is InChI=1S/C23H28FN6O2/c1-13(2)11-29-21(31)19-20(27(6)23(29)32)25-22(30-16(5)14(3)15(4)26-30)28(19)12-17-9-7-8-10-18(17)24/h7-10,13,19H,11-12H2,1-6H3/q+1. The number of urea groups is 1. The van der Waals surface area contributed by atoms with E-state index in [1.54, 1.807) is 34.5 Å². The lowest BCUT2D eigenvalue weighted by atomic mass is 10.1. The maximum atomic E-state index is 14.6. The van der Waals surface area contributed by atoms with Gasteiger partial charge in [-0.1, -0.05) is 37.0 Å². The fourth-order valence-electron chi connectivity index (χ4n) is 4.10. The molecule has 4 rings (SSSR count). The maximum absolute atomic E-state index is 14.6. The van der Waals surface area contributed by atoms with Crippen LogP contribution in [0.1, 0.15) is 36.4 Å². The van der Waals surface area contributed by atoms with Crippen LogP contribution >= 0.6 is 0 Å². The molecular formula is C23H28FN6O2+. The molecule has 0 spiro atoms. The lowest BCUT2D eigenvalue weighted by molar-refractivity contribution is -0.553. The van der Waals surface area contributed by atoms with Crippen LogP contribution in [0.3, 0.4) is 0 Å². The minimum Gasteiger partial charge on any atom is -0.270 e. The number of rotatable bonds is 4. The van der Waals surface area contributed by atoms with Crippen molar-refractivity contribution in [1.82, 2.24) is 19.6 Å². The monoisotopic (exact) mass is 439 g/mol. The van der Waals surface area contributed by atoms with E-state index in [1.165, 1.54) is 15.9 Å². The number of carbonyl (C=O) groups is 2. The SMILES string of the molecule is Cc1nn(C2=[N+](Cc3ccccc3F)C3C(=O)N(CC(C)C)C(=O)N(C)C3=N2)c(C)c1C. The van der Waals surface area contributed by atoms with Gasteiger partial charge in [-0.15, -0.1) is 9.78 Å². The van der Waals surface area contributed by atoms with Crippen molar-refractivity contribution < 1.29 is 18.6 Å². The Morgan fingerprint density at radius 2 is 1.84 bits per heavy atom. The molecule has 1 fully saturated rings. The smallest absolute Gasteiger partial charge is 0.270 e. The Bertz CT molecular complexity index is 1180. The molecule has 1 aromatic carbocycles. The third-order valence-corrected chi connectivity index (χ3v) is 6.08. The highest BCUT2D eigenvalue weighted by atomic mass is 19.1. The fourth-order valence-corrected chi connectivity index (χ4v) is 4.10. The molecule has 3 heterocycles. The van der Waals surface area contributed by atoms with Crippen molar-refractivity contribution in [1.29, 1.82) is 0 Å². The zero-order valence-electron chi connectivity index (χ0n) is 19.3. The second-order valence-corrected chi connectivity index (χ2v) is 8.78. The number of nitrogens with zero attached hydrogens (tertiary/aromatic N) is 6. The Balaban J connectivity index is 1.89. The average Bonchev–Trinajstić information content (AvgIpc) is 3.24. The lowest BCUT2D eigenvalue weighted by Gasteiger charge is -2.35. The number of halogens is 1. The summed E-state index contributed by atoms with van der Waals surface area (Å²) in [6.45, 7) is 10.1. The highest BCUT2D eigenvalue weighted by Gasteiger charge is 2.53. The molecule has 1 aromatic heterocycles. The van der Waals surface area contributed by atoms with E-state index in [0.717, 1.165) is 17.0 Å². The van der Waals surface area contributed by atoms with Crippen LogP contribution in [-0.4, -0.2) is 67.5 Å². The van der Waals surface area contributed by atoms with Crippen molar-refractivity contribution in [3.63, 3.8) is 0 Å². The molecule has 0 radical (unpaired) electrons. The van der Waals surface area contributed by atoms with Crippen LogP contribution in [0.5, 0.6) is 0 Å². The number of fused-ring (bicyclic) bond motifs is 1. The molecule has 168 valence electrons. The fraction of sp³-hybridized carbons (Fsp3) is 0.435. The van der Waals surface area contributed by atoms with E-state index >= 15 is 0 Å². The van der Waals surface area contributed by atoms with Gasteiger partial charge in [0.1, 0.15) is 11.5 Å². The summed E-state index contributed by atoms with van der Waals surface area (Å²) in [5, 5.41) is 4.61. The zero-order valence-corrected chi connectivity index (χ0v) is 19.3. The van der Waals surface area contributed by atoms with Crippen molar-refractivity contribution in [3.05, 3.63) is 52.6 Å². The number of amides is 3. The van der Waals surface area contributed by atoms with Crippen LogP contribution in [0.4, 0.5) is 9.18 Å². The number of likely N-dealkylation sites (N-methyl/N-ethyl adjacent to an activating group) is 1. The second kappa shape index (κ2) is 7.96. The van der Waals surface area contributed by atoms with Crippen molar-refractivity contribution in [2.75, 3.05) is 13.6 Å². The van der Waals surface area contributed by atoms with E-state index in [4.69, 9.17) is 4.99 Å². The number of hydrogen-bond donors (Lipinski definition) is 0. The van der Waals surface area contributed by atoms with E-state index in [2.05, 4.69) is 5.10 Å². The predicted molar refractivity (Wildman–Crippen MR) is 118 cm³/mol. The maximum Gasteiger partial charge on any atom is 0.421 e. The number of aryl methyl sites for hydroxylation is 1. The van der Waals surface area contributed by atoms with Gasteiger partial charge in [-0.3, -0.25) is 14.6 Å². The highest BCUT2D eigenvalue weighted by Crippen LogP contribution is 2.24. The highest BCUT2D eigenvalue weighted by molar-refractivity contribution is 6.23. The third-order valence-electron chi connectivity index (χ3n) is 6.08. The van der Waals surface area contributed by atoms with Gasteiger partial charge in [0.25, 0.3) is 5.91 Å². The van der Waals surface area contributed by atoms with Gasteiger partial charge < -0.3 is 0 Å². The molecule has 0 bridgehead atoms. The minimum absolute atomic E-state index is 0.110. The Morgan fingerprint density at radius 3 is 2.44 bits per heavy atom. The molecule has 0 aliphatic carbocycles. The molecule has 1 atom stereocenters. The lowest BCUT2D eigenvalue weighted by Crippen LogP contribution is -2.63. The molecule has 1 saturated heterocycles. The first-order valence-corrected chi connectivity index (χ1v) is 10.7. The number of benzene rings is 1. The van der Waals surface area contributed by atoms with Gasteiger partial charge in [0.05, 0.1) is 12.2 Å². The number of aliphatic imine (C=N–C) groups is 1. The first kappa shape index (κ1) is 21.9. The van der Waals surface area contributed by atoms with E-state index in [9.17, 15) is 14.0 Å². The topological polar surface area (TPSA) is 73.8 Å². The minimum atomic E-state index is -0.838. The van der Waals surface area contributed by atoms with Gasteiger partial charge in [0.2, 0.25) is 11.9 Å². The van der Waals surface area contributed by atoms with E-state index in [-0.39, 0.29) is 24.2 Å². The summed E-state index contributed by atoms with van der Waals surface area (Å²) in [6.07, 6.45) is 0. The Hall–Kier alpha value is -3.36. The Labute approximate surface area is 186 Å². The Kier molecular flexibility index (Phi) is 5.44. The molecule has 32 heavy (non-hydrogen) atoms. The number of aromatic nitrogens is 2. The summed E-state index contributed by atoms with van der Waals surface area (Å²) in [5.41, 5.74) is 3.16. The first-order valence-electron chi connectivity index (χ1n) is 10.7. The van der Waals surface area contributed by atoms with Crippen LogP contribution in [0.2, 0.25) is 0 Å². The number of imide groups is 1.